The highest BCUT2D eigenvalue weighted by Crippen LogP contribution is 2.31. The van der Waals surface area contributed by atoms with Gasteiger partial charge in [0.25, 0.3) is 0 Å². The van der Waals surface area contributed by atoms with E-state index in [0.717, 1.165) is 0 Å². The molecule has 0 aliphatic heterocycles. The lowest BCUT2D eigenvalue weighted by Gasteiger charge is -2.13. The minimum absolute atomic E-state index is 1.27. The average Bonchev–Trinajstić information content (AvgIpc) is 2.96. The second-order valence-electron chi connectivity index (χ2n) is 4.73. The van der Waals surface area contributed by atoms with Gasteiger partial charge < -0.3 is 0 Å². The first kappa shape index (κ1) is 11.7. The summed E-state index contributed by atoms with van der Waals surface area (Å²) >= 11 is 0. The summed E-state index contributed by atoms with van der Waals surface area (Å²) in [5.41, 5.74) is 6.47. The number of aryl methyl sites for hydroxylation is 1. The molecule has 3 rings (SSSR count). The number of allylic oxidation sites excluding steroid dienone is 5. The molecule has 92 valence electrons. The Labute approximate surface area is 114 Å². The van der Waals surface area contributed by atoms with Crippen molar-refractivity contribution in [2.45, 2.75) is 6.92 Å². The third-order valence-electron chi connectivity index (χ3n) is 3.43. The maximum absolute atomic E-state index is 2.20. The fourth-order valence-corrected chi connectivity index (χ4v) is 2.48. The van der Waals surface area contributed by atoms with Crippen LogP contribution >= 0.6 is 0 Å². The normalized spacial score (nSPS) is 13.0. The van der Waals surface area contributed by atoms with Crippen LogP contribution in [-0.4, -0.2) is 0 Å². The van der Waals surface area contributed by atoms with E-state index in [4.69, 9.17) is 0 Å². The van der Waals surface area contributed by atoms with Crippen molar-refractivity contribution in [3.05, 3.63) is 101 Å². The molecule has 19 heavy (non-hydrogen) atoms. The quantitative estimate of drug-likeness (QED) is 0.703. The maximum Gasteiger partial charge on any atom is -0.00362 e. The highest BCUT2D eigenvalue weighted by atomic mass is 14.1. The van der Waals surface area contributed by atoms with Gasteiger partial charge >= 0.3 is 0 Å². The third kappa shape index (κ3) is 2.30. The Hall–Kier alpha value is -2.34. The zero-order valence-corrected chi connectivity index (χ0v) is 11.0. The second-order valence-corrected chi connectivity index (χ2v) is 4.73. The van der Waals surface area contributed by atoms with Crippen LogP contribution in [0.4, 0.5) is 0 Å². The Kier molecular flexibility index (Phi) is 3.16. The van der Waals surface area contributed by atoms with Crippen LogP contribution in [0.15, 0.2) is 84.5 Å². The molecule has 1 aliphatic carbocycles. The van der Waals surface area contributed by atoms with Crippen molar-refractivity contribution in [3.8, 4) is 0 Å². The molecule has 1 aliphatic rings. The van der Waals surface area contributed by atoms with Crippen molar-refractivity contribution in [2.75, 3.05) is 0 Å². The van der Waals surface area contributed by atoms with E-state index in [0.29, 0.717) is 0 Å². The van der Waals surface area contributed by atoms with Crippen molar-refractivity contribution in [1.82, 2.24) is 0 Å². The summed E-state index contributed by atoms with van der Waals surface area (Å²) < 4.78 is 0. The Morgan fingerprint density at radius 2 is 1.37 bits per heavy atom. The topological polar surface area (TPSA) is 0 Å². The molecule has 0 fully saturated rings. The van der Waals surface area contributed by atoms with Crippen molar-refractivity contribution >= 4 is 5.57 Å². The Balaban J connectivity index is 2.25. The van der Waals surface area contributed by atoms with Crippen molar-refractivity contribution in [1.29, 1.82) is 0 Å². The molecule has 0 radical (unpaired) electrons. The SMILES string of the molecule is Cc1ccccc1C(=C1C=CC=C1)c1ccccc1. The second kappa shape index (κ2) is 5.11. The van der Waals surface area contributed by atoms with E-state index in [9.17, 15) is 0 Å². The summed E-state index contributed by atoms with van der Waals surface area (Å²) in [5, 5.41) is 0. The number of benzene rings is 2. The molecular formula is C19H16. The molecule has 0 heteroatoms. The minimum Gasteiger partial charge on any atom is -0.0622 e. The van der Waals surface area contributed by atoms with Crippen LogP contribution < -0.4 is 0 Å². The minimum atomic E-state index is 1.27. The number of rotatable bonds is 2. The van der Waals surface area contributed by atoms with Gasteiger partial charge in [0.1, 0.15) is 0 Å². The molecular weight excluding hydrogens is 228 g/mol. The van der Waals surface area contributed by atoms with Gasteiger partial charge in [0, 0.05) is 0 Å². The molecule has 0 unspecified atom stereocenters. The van der Waals surface area contributed by atoms with Crippen molar-refractivity contribution in [3.63, 3.8) is 0 Å². The van der Waals surface area contributed by atoms with Crippen LogP contribution in [0, 0.1) is 6.92 Å². The fraction of sp³-hybridized carbons (Fsp3) is 0.0526. The molecule has 2 aromatic rings. The lowest BCUT2D eigenvalue weighted by atomic mass is 9.91. The summed E-state index contributed by atoms with van der Waals surface area (Å²) in [6, 6.07) is 19.2. The monoisotopic (exact) mass is 244 g/mol. The zero-order chi connectivity index (χ0) is 13.1. The third-order valence-corrected chi connectivity index (χ3v) is 3.43. The van der Waals surface area contributed by atoms with E-state index in [-0.39, 0.29) is 0 Å². The van der Waals surface area contributed by atoms with Crippen LogP contribution in [0.1, 0.15) is 16.7 Å². The molecule has 2 aromatic carbocycles. The summed E-state index contributed by atoms with van der Waals surface area (Å²) in [7, 11) is 0. The van der Waals surface area contributed by atoms with E-state index >= 15 is 0 Å². The average molecular weight is 244 g/mol. The molecule has 0 heterocycles. The summed E-state index contributed by atoms with van der Waals surface area (Å²) in [6.07, 6.45) is 8.54. The van der Waals surface area contributed by atoms with Gasteiger partial charge in [-0.3, -0.25) is 0 Å². The highest BCUT2D eigenvalue weighted by molar-refractivity contribution is 5.87. The fourth-order valence-electron chi connectivity index (χ4n) is 2.48. The Morgan fingerprint density at radius 1 is 0.737 bits per heavy atom. The van der Waals surface area contributed by atoms with E-state index < -0.39 is 0 Å². The first-order valence-electron chi connectivity index (χ1n) is 6.57. The van der Waals surface area contributed by atoms with Gasteiger partial charge in [-0.1, -0.05) is 78.9 Å². The van der Waals surface area contributed by atoms with E-state index in [1.807, 2.05) is 0 Å². The summed E-state index contributed by atoms with van der Waals surface area (Å²) in [5.74, 6) is 0. The lowest BCUT2D eigenvalue weighted by molar-refractivity contribution is 1.40. The summed E-state index contributed by atoms with van der Waals surface area (Å²) in [6.45, 7) is 2.17. The van der Waals surface area contributed by atoms with Gasteiger partial charge in [0.05, 0.1) is 0 Å². The standard InChI is InChI=1S/C19H16/c1-15-9-5-8-14-18(15)19(17-12-6-7-13-17)16-10-3-2-4-11-16/h2-14H,1H3. The van der Waals surface area contributed by atoms with Crippen LogP contribution in [-0.2, 0) is 0 Å². The zero-order valence-electron chi connectivity index (χ0n) is 11.0. The van der Waals surface area contributed by atoms with Crippen molar-refractivity contribution < 1.29 is 0 Å². The molecule has 0 nitrogen and oxygen atoms in total. The molecule has 0 atom stereocenters. The van der Waals surface area contributed by atoms with Gasteiger partial charge in [-0.05, 0) is 34.8 Å². The molecule has 0 spiro atoms. The smallest absolute Gasteiger partial charge is 0.00362 e. The lowest BCUT2D eigenvalue weighted by Crippen LogP contribution is -1.93. The summed E-state index contributed by atoms with van der Waals surface area (Å²) in [4.78, 5) is 0. The van der Waals surface area contributed by atoms with E-state index in [1.54, 1.807) is 0 Å². The Morgan fingerprint density at radius 3 is 2.05 bits per heavy atom. The van der Waals surface area contributed by atoms with E-state index in [1.165, 1.54) is 27.8 Å². The van der Waals surface area contributed by atoms with E-state index in [2.05, 4.69) is 85.8 Å². The Bertz CT molecular complexity index is 656. The first-order valence-corrected chi connectivity index (χ1v) is 6.57. The van der Waals surface area contributed by atoms with Gasteiger partial charge in [-0.2, -0.15) is 0 Å². The van der Waals surface area contributed by atoms with Crippen molar-refractivity contribution in [2.24, 2.45) is 0 Å². The molecule has 0 amide bonds. The molecule has 0 saturated heterocycles. The van der Waals surface area contributed by atoms with Gasteiger partial charge in [-0.15, -0.1) is 0 Å². The first-order chi connectivity index (χ1) is 9.36. The van der Waals surface area contributed by atoms with Gasteiger partial charge in [-0.25, -0.2) is 0 Å². The predicted molar refractivity (Wildman–Crippen MR) is 81.9 cm³/mol. The van der Waals surface area contributed by atoms with Crippen LogP contribution in [0.2, 0.25) is 0 Å². The molecule has 0 saturated carbocycles. The van der Waals surface area contributed by atoms with Crippen LogP contribution in [0.25, 0.3) is 5.57 Å². The molecule has 0 aromatic heterocycles. The molecule has 0 bridgehead atoms. The molecule has 0 N–H and O–H groups in total. The highest BCUT2D eigenvalue weighted by Gasteiger charge is 2.11. The van der Waals surface area contributed by atoms with Gasteiger partial charge in [0.2, 0.25) is 0 Å². The predicted octanol–water partition coefficient (Wildman–Crippen LogP) is 4.92. The largest absolute Gasteiger partial charge is 0.0622 e. The maximum atomic E-state index is 2.20. The van der Waals surface area contributed by atoms with Crippen LogP contribution in [0.3, 0.4) is 0 Å². The van der Waals surface area contributed by atoms with Crippen LogP contribution in [0.5, 0.6) is 0 Å². The number of hydrogen-bond donors (Lipinski definition) is 0. The van der Waals surface area contributed by atoms with Gasteiger partial charge in [0.15, 0.2) is 0 Å². The number of hydrogen-bond acceptors (Lipinski definition) is 0.